The van der Waals surface area contributed by atoms with Gasteiger partial charge in [-0.1, -0.05) is 0 Å². The van der Waals surface area contributed by atoms with Crippen LogP contribution in [-0.4, -0.2) is 27.9 Å². The Morgan fingerprint density at radius 3 is 3.00 bits per heavy atom. The van der Waals surface area contributed by atoms with E-state index in [2.05, 4.69) is 15.2 Å². The molecule has 1 unspecified atom stereocenters. The summed E-state index contributed by atoms with van der Waals surface area (Å²) < 4.78 is 6.16. The molecule has 0 saturated carbocycles. The summed E-state index contributed by atoms with van der Waals surface area (Å²) in [5.74, 6) is 0.934. The normalized spacial score (nSPS) is 22.4. The highest BCUT2D eigenvalue weighted by molar-refractivity contribution is 7.71. The number of hydrogen-bond donors (Lipinski definition) is 2. The van der Waals surface area contributed by atoms with Gasteiger partial charge in [-0.15, -0.1) is 0 Å². The fraction of sp³-hybridized carbons (Fsp3) is 0.778. The lowest BCUT2D eigenvalue weighted by Gasteiger charge is -2.21. The molecule has 1 saturated heterocycles. The Hall–Kier alpha value is -0.680. The van der Waals surface area contributed by atoms with E-state index in [1.54, 1.807) is 0 Å². The Morgan fingerprint density at radius 1 is 1.43 bits per heavy atom. The average molecular weight is 213 g/mol. The number of nitrogens with zero attached hydrogens (tertiary/aromatic N) is 1. The fourth-order valence-corrected chi connectivity index (χ4v) is 1.92. The van der Waals surface area contributed by atoms with Gasteiger partial charge in [0, 0.05) is 13.0 Å². The maximum Gasteiger partial charge on any atom is 0.213 e. The van der Waals surface area contributed by atoms with Gasteiger partial charge >= 0.3 is 0 Å². The third kappa shape index (κ3) is 2.65. The molecule has 0 amide bonds. The molecule has 1 aromatic rings. The summed E-state index contributed by atoms with van der Waals surface area (Å²) in [6.45, 7) is 0.918. The van der Waals surface area contributed by atoms with Crippen molar-refractivity contribution in [1.29, 1.82) is 0 Å². The summed E-state index contributed by atoms with van der Waals surface area (Å²) in [5.41, 5.74) is 0. The Kier molecular flexibility index (Phi) is 3.31. The van der Waals surface area contributed by atoms with Crippen LogP contribution in [0.5, 0.6) is 0 Å². The Morgan fingerprint density at radius 2 is 2.36 bits per heavy atom. The molecule has 0 aliphatic carbocycles. The molecule has 1 aliphatic heterocycles. The first-order valence-corrected chi connectivity index (χ1v) is 5.50. The van der Waals surface area contributed by atoms with E-state index in [-0.39, 0.29) is 0 Å². The molecule has 1 aliphatic rings. The molecule has 0 radical (unpaired) electrons. The number of aryl methyl sites for hydroxylation is 1. The summed E-state index contributed by atoms with van der Waals surface area (Å²) >= 11 is 4.87. The largest absolute Gasteiger partial charge is 0.378 e. The van der Waals surface area contributed by atoms with Crippen LogP contribution in [0, 0.1) is 4.77 Å². The van der Waals surface area contributed by atoms with Gasteiger partial charge in [0.05, 0.1) is 6.10 Å². The highest BCUT2D eigenvalue weighted by atomic mass is 32.1. The first-order chi connectivity index (χ1) is 6.84. The highest BCUT2D eigenvalue weighted by Crippen LogP contribution is 2.16. The van der Waals surface area contributed by atoms with E-state index in [9.17, 15) is 0 Å². The molecule has 1 atom stereocenters. The van der Waals surface area contributed by atoms with Crippen LogP contribution < -0.4 is 0 Å². The van der Waals surface area contributed by atoms with Gasteiger partial charge in [-0.25, -0.2) is 4.98 Å². The van der Waals surface area contributed by atoms with Gasteiger partial charge in [0.25, 0.3) is 0 Å². The second-order valence-corrected chi connectivity index (χ2v) is 4.03. The molecule has 1 fully saturated rings. The standard InChI is InChI=1S/C9H15N3OS/c14-9-10-8(11-12-9)5-4-7-3-1-2-6-13-7/h7H,1-6H2,(H2,10,11,12,14). The predicted molar refractivity (Wildman–Crippen MR) is 55.7 cm³/mol. The van der Waals surface area contributed by atoms with Crippen molar-refractivity contribution < 1.29 is 4.74 Å². The van der Waals surface area contributed by atoms with Crippen LogP contribution in [0.2, 0.25) is 0 Å². The van der Waals surface area contributed by atoms with Crippen molar-refractivity contribution in [3.05, 3.63) is 10.6 Å². The number of nitrogens with one attached hydrogen (secondary N) is 2. The van der Waals surface area contributed by atoms with Crippen molar-refractivity contribution in [2.45, 2.75) is 38.2 Å². The lowest BCUT2D eigenvalue weighted by molar-refractivity contribution is 0.0112. The monoisotopic (exact) mass is 213 g/mol. The van der Waals surface area contributed by atoms with E-state index in [0.717, 1.165) is 25.3 Å². The van der Waals surface area contributed by atoms with Gasteiger partial charge in [-0.05, 0) is 37.9 Å². The molecular weight excluding hydrogens is 198 g/mol. The van der Waals surface area contributed by atoms with Crippen molar-refractivity contribution in [2.75, 3.05) is 6.61 Å². The summed E-state index contributed by atoms with van der Waals surface area (Å²) in [7, 11) is 0. The van der Waals surface area contributed by atoms with Crippen LogP contribution in [0.1, 0.15) is 31.5 Å². The maximum absolute atomic E-state index is 5.63. The van der Waals surface area contributed by atoms with Crippen molar-refractivity contribution >= 4 is 12.2 Å². The van der Waals surface area contributed by atoms with Gasteiger partial charge in [0.15, 0.2) is 0 Å². The highest BCUT2D eigenvalue weighted by Gasteiger charge is 2.13. The number of hydrogen-bond acceptors (Lipinski definition) is 3. The van der Waals surface area contributed by atoms with Crippen LogP contribution >= 0.6 is 12.2 Å². The summed E-state index contributed by atoms with van der Waals surface area (Å²) in [6.07, 6.45) is 6.06. The number of ether oxygens (including phenoxy) is 1. The first kappa shape index (κ1) is 9.86. The van der Waals surface area contributed by atoms with E-state index in [4.69, 9.17) is 17.0 Å². The lowest BCUT2D eigenvalue weighted by Crippen LogP contribution is -2.19. The minimum Gasteiger partial charge on any atom is -0.378 e. The molecule has 14 heavy (non-hydrogen) atoms. The van der Waals surface area contributed by atoms with E-state index in [1.807, 2.05) is 0 Å². The van der Waals surface area contributed by atoms with Crippen LogP contribution in [-0.2, 0) is 11.2 Å². The van der Waals surface area contributed by atoms with E-state index in [1.165, 1.54) is 19.3 Å². The fourth-order valence-electron chi connectivity index (χ4n) is 1.76. The van der Waals surface area contributed by atoms with Crippen LogP contribution in [0.4, 0.5) is 0 Å². The summed E-state index contributed by atoms with van der Waals surface area (Å²) in [5, 5.41) is 5.74. The molecule has 2 heterocycles. The Bertz CT molecular complexity index is 327. The zero-order valence-corrected chi connectivity index (χ0v) is 8.90. The van der Waals surface area contributed by atoms with Crippen LogP contribution in [0.15, 0.2) is 0 Å². The molecule has 78 valence electrons. The second kappa shape index (κ2) is 4.70. The topological polar surface area (TPSA) is 53.7 Å². The van der Waals surface area contributed by atoms with Gasteiger partial charge in [-0.3, -0.25) is 10.2 Å². The van der Waals surface area contributed by atoms with Crippen molar-refractivity contribution in [1.82, 2.24) is 15.2 Å². The zero-order chi connectivity index (χ0) is 9.80. The Labute approximate surface area is 88.1 Å². The lowest BCUT2D eigenvalue weighted by atomic mass is 10.0. The first-order valence-electron chi connectivity index (χ1n) is 5.10. The molecule has 4 nitrogen and oxygen atoms in total. The van der Waals surface area contributed by atoms with Crippen molar-refractivity contribution in [2.24, 2.45) is 0 Å². The van der Waals surface area contributed by atoms with Gasteiger partial charge in [-0.2, -0.15) is 0 Å². The van der Waals surface area contributed by atoms with Gasteiger partial charge in [0.1, 0.15) is 5.82 Å². The van der Waals surface area contributed by atoms with E-state index >= 15 is 0 Å². The molecule has 0 spiro atoms. The SMILES string of the molecule is S=c1nc(CCC2CCCCO2)[nH][nH]1. The van der Waals surface area contributed by atoms with E-state index < -0.39 is 0 Å². The quantitative estimate of drug-likeness (QED) is 0.755. The number of aromatic amines is 2. The van der Waals surface area contributed by atoms with Crippen LogP contribution in [0.3, 0.4) is 0 Å². The predicted octanol–water partition coefficient (Wildman–Crippen LogP) is 1.97. The van der Waals surface area contributed by atoms with Crippen molar-refractivity contribution in [3.8, 4) is 0 Å². The zero-order valence-electron chi connectivity index (χ0n) is 8.08. The van der Waals surface area contributed by atoms with Gasteiger partial charge in [0.2, 0.25) is 4.77 Å². The molecule has 2 rings (SSSR count). The second-order valence-electron chi connectivity index (χ2n) is 3.64. The minimum atomic E-state index is 0.419. The molecule has 5 heteroatoms. The molecule has 0 aromatic carbocycles. The van der Waals surface area contributed by atoms with Crippen molar-refractivity contribution in [3.63, 3.8) is 0 Å². The van der Waals surface area contributed by atoms with Gasteiger partial charge < -0.3 is 4.74 Å². The summed E-state index contributed by atoms with van der Waals surface area (Å²) in [4.78, 5) is 4.14. The maximum atomic E-state index is 5.63. The Balaban J connectivity index is 1.78. The average Bonchev–Trinajstić information content (AvgIpc) is 2.63. The smallest absolute Gasteiger partial charge is 0.213 e. The van der Waals surface area contributed by atoms with E-state index in [0.29, 0.717) is 10.9 Å². The molecule has 1 aromatic heterocycles. The molecule has 0 bridgehead atoms. The summed E-state index contributed by atoms with van der Waals surface area (Å²) in [6, 6.07) is 0. The number of aromatic nitrogens is 3. The number of H-pyrrole nitrogens is 2. The van der Waals surface area contributed by atoms with Crippen LogP contribution in [0.25, 0.3) is 0 Å². The third-order valence-electron chi connectivity index (χ3n) is 2.53. The minimum absolute atomic E-state index is 0.419. The third-order valence-corrected chi connectivity index (χ3v) is 2.72. The molecule has 2 N–H and O–H groups in total. The molecular formula is C9H15N3OS. The number of rotatable bonds is 3.